The number of aliphatic hydroxyl groups excluding tert-OH is 1. The van der Waals surface area contributed by atoms with Crippen molar-refractivity contribution in [3.05, 3.63) is 62.4 Å². The van der Waals surface area contributed by atoms with Gasteiger partial charge in [-0.05, 0) is 57.9 Å². The van der Waals surface area contributed by atoms with Crippen LogP contribution in [0.15, 0.2) is 34.6 Å². The number of carbonyl (C=O) groups excluding carboxylic acids is 3. The summed E-state index contributed by atoms with van der Waals surface area (Å²) in [6, 6.07) is 2.84. The first-order valence-corrected chi connectivity index (χ1v) is 10.2. The monoisotopic (exact) mass is 450 g/mol. The lowest BCUT2D eigenvalue weighted by atomic mass is 9.86. The molecule has 1 heterocycles. The van der Waals surface area contributed by atoms with Crippen molar-refractivity contribution in [1.29, 1.82) is 0 Å². The third kappa shape index (κ3) is 3.26. The highest BCUT2D eigenvalue weighted by molar-refractivity contribution is 6.50. The van der Waals surface area contributed by atoms with Gasteiger partial charge in [0.25, 0.3) is 0 Å². The molecule has 33 heavy (non-hydrogen) atoms. The Balaban J connectivity index is 1.96. The zero-order valence-electron chi connectivity index (χ0n) is 18.7. The predicted octanol–water partition coefficient (Wildman–Crippen LogP) is 4.19. The van der Waals surface area contributed by atoms with Gasteiger partial charge in [0, 0.05) is 34.3 Å². The van der Waals surface area contributed by atoms with Gasteiger partial charge in [-0.2, -0.15) is 0 Å². The van der Waals surface area contributed by atoms with Crippen molar-refractivity contribution in [3.63, 3.8) is 0 Å². The van der Waals surface area contributed by atoms with E-state index in [4.69, 9.17) is 9.47 Å². The normalized spacial score (nSPS) is 15.7. The SMILES string of the molecule is CC1=C(O)C(Cc2c(O)cc(C)c3c2Oc2c(C)cc(O)c(C)c2OC3=O)=C(C)C(=O)C1=O. The van der Waals surface area contributed by atoms with Crippen LogP contribution < -0.4 is 9.47 Å². The number of Topliss-reactive ketones (excluding diaryl/α,β-unsaturated/α-hetero) is 2. The fourth-order valence-electron chi connectivity index (χ4n) is 4.07. The van der Waals surface area contributed by atoms with Crippen LogP contribution in [0.1, 0.15) is 46.5 Å². The van der Waals surface area contributed by atoms with Crippen molar-refractivity contribution >= 4 is 17.5 Å². The Kier molecular flexibility index (Phi) is 5.04. The first-order valence-electron chi connectivity index (χ1n) is 10.2. The van der Waals surface area contributed by atoms with Gasteiger partial charge < -0.3 is 24.8 Å². The van der Waals surface area contributed by atoms with E-state index in [1.807, 2.05) is 0 Å². The lowest BCUT2D eigenvalue weighted by molar-refractivity contribution is -0.132. The van der Waals surface area contributed by atoms with Gasteiger partial charge in [-0.3, -0.25) is 9.59 Å². The summed E-state index contributed by atoms with van der Waals surface area (Å²) in [4.78, 5) is 37.5. The van der Waals surface area contributed by atoms with Crippen molar-refractivity contribution in [2.75, 3.05) is 0 Å². The molecule has 170 valence electrons. The minimum atomic E-state index is -0.791. The van der Waals surface area contributed by atoms with Crippen molar-refractivity contribution in [2.45, 2.75) is 41.0 Å². The van der Waals surface area contributed by atoms with Crippen molar-refractivity contribution in [3.8, 4) is 28.7 Å². The summed E-state index contributed by atoms with van der Waals surface area (Å²) in [5, 5.41) is 31.5. The molecule has 0 amide bonds. The van der Waals surface area contributed by atoms with Crippen LogP contribution in [0.25, 0.3) is 0 Å². The van der Waals surface area contributed by atoms with Crippen LogP contribution >= 0.6 is 0 Å². The molecule has 0 saturated carbocycles. The highest BCUT2D eigenvalue weighted by Crippen LogP contribution is 2.49. The maximum absolute atomic E-state index is 13.1. The number of ether oxygens (including phenoxy) is 2. The fourth-order valence-corrected chi connectivity index (χ4v) is 4.07. The summed E-state index contributed by atoms with van der Waals surface area (Å²) in [6.07, 6.45) is -0.179. The van der Waals surface area contributed by atoms with E-state index in [1.165, 1.54) is 26.0 Å². The minimum Gasteiger partial charge on any atom is -0.508 e. The maximum atomic E-state index is 13.1. The fraction of sp³-hybridized carbons (Fsp3) is 0.240. The molecule has 4 rings (SSSR count). The Morgan fingerprint density at radius 3 is 2.00 bits per heavy atom. The van der Waals surface area contributed by atoms with Crippen molar-refractivity contribution in [2.24, 2.45) is 0 Å². The summed E-state index contributed by atoms with van der Waals surface area (Å²) in [5.41, 5.74) is 1.50. The predicted molar refractivity (Wildman–Crippen MR) is 117 cm³/mol. The van der Waals surface area contributed by atoms with Crippen molar-refractivity contribution < 1.29 is 39.2 Å². The van der Waals surface area contributed by atoms with E-state index in [9.17, 15) is 29.7 Å². The molecule has 0 saturated heterocycles. The second-order valence-electron chi connectivity index (χ2n) is 8.29. The second-order valence-corrected chi connectivity index (χ2v) is 8.29. The highest BCUT2D eigenvalue weighted by atomic mass is 16.6. The third-order valence-electron chi connectivity index (χ3n) is 6.14. The Bertz CT molecular complexity index is 1360. The molecule has 0 fully saturated rings. The third-order valence-corrected chi connectivity index (χ3v) is 6.14. The van der Waals surface area contributed by atoms with Crippen LogP contribution in [-0.2, 0) is 16.0 Å². The summed E-state index contributed by atoms with van der Waals surface area (Å²) in [5.74, 6) is -2.64. The summed E-state index contributed by atoms with van der Waals surface area (Å²) in [7, 11) is 0. The number of aryl methyl sites for hydroxylation is 2. The number of fused-ring (bicyclic) bond motifs is 2. The highest BCUT2D eigenvalue weighted by Gasteiger charge is 2.35. The Hall–Kier alpha value is -4.07. The van der Waals surface area contributed by atoms with Crippen LogP contribution in [-0.4, -0.2) is 32.9 Å². The molecule has 0 bridgehead atoms. The number of benzene rings is 2. The lowest BCUT2D eigenvalue weighted by Gasteiger charge is -2.21. The molecule has 2 aromatic rings. The maximum Gasteiger partial charge on any atom is 0.347 e. The van der Waals surface area contributed by atoms with E-state index >= 15 is 0 Å². The van der Waals surface area contributed by atoms with Crippen LogP contribution in [0.5, 0.6) is 28.7 Å². The number of hydrogen-bond acceptors (Lipinski definition) is 8. The van der Waals surface area contributed by atoms with Crippen LogP contribution in [0.3, 0.4) is 0 Å². The van der Waals surface area contributed by atoms with Gasteiger partial charge in [-0.25, -0.2) is 4.79 Å². The number of phenolic OH excluding ortho intramolecular Hbond substituents is 2. The molecule has 0 unspecified atom stereocenters. The van der Waals surface area contributed by atoms with Gasteiger partial charge in [-0.15, -0.1) is 0 Å². The van der Waals surface area contributed by atoms with Gasteiger partial charge in [0.2, 0.25) is 11.6 Å². The quantitative estimate of drug-likeness (QED) is 0.269. The molecule has 1 aliphatic heterocycles. The van der Waals surface area contributed by atoms with E-state index in [1.54, 1.807) is 20.8 Å². The molecule has 2 aliphatic rings. The number of aliphatic hydroxyl groups is 1. The molecular formula is C25H22O8. The number of phenols is 2. The van der Waals surface area contributed by atoms with E-state index in [2.05, 4.69) is 0 Å². The number of allylic oxidation sites excluding steroid dienone is 3. The summed E-state index contributed by atoms with van der Waals surface area (Å²) < 4.78 is 11.7. The number of hydrogen-bond donors (Lipinski definition) is 3. The molecule has 0 radical (unpaired) electrons. The molecule has 0 aromatic heterocycles. The number of rotatable bonds is 2. The van der Waals surface area contributed by atoms with Gasteiger partial charge in [-0.1, -0.05) is 0 Å². The topological polar surface area (TPSA) is 130 Å². The number of aromatic hydroxyl groups is 2. The van der Waals surface area contributed by atoms with E-state index in [0.29, 0.717) is 16.7 Å². The molecule has 0 atom stereocenters. The Morgan fingerprint density at radius 2 is 1.33 bits per heavy atom. The summed E-state index contributed by atoms with van der Waals surface area (Å²) in [6.45, 7) is 7.62. The van der Waals surface area contributed by atoms with Gasteiger partial charge in [0.15, 0.2) is 11.5 Å². The molecule has 0 spiro atoms. The molecule has 1 aliphatic carbocycles. The summed E-state index contributed by atoms with van der Waals surface area (Å²) >= 11 is 0. The lowest BCUT2D eigenvalue weighted by Crippen LogP contribution is -2.24. The van der Waals surface area contributed by atoms with Crippen molar-refractivity contribution in [1.82, 2.24) is 0 Å². The van der Waals surface area contributed by atoms with Crippen LogP contribution in [0, 0.1) is 20.8 Å². The molecule has 2 aromatic carbocycles. The van der Waals surface area contributed by atoms with Gasteiger partial charge >= 0.3 is 5.97 Å². The molecule has 3 N–H and O–H groups in total. The molecule has 8 heteroatoms. The first kappa shape index (κ1) is 22.1. The zero-order chi connectivity index (χ0) is 24.4. The number of ketones is 2. The average Bonchev–Trinajstić information content (AvgIpc) is 2.91. The van der Waals surface area contributed by atoms with Crippen LogP contribution in [0.4, 0.5) is 0 Å². The number of carbonyl (C=O) groups is 3. The minimum absolute atomic E-state index is 0.0135. The smallest absolute Gasteiger partial charge is 0.347 e. The Morgan fingerprint density at radius 1 is 0.727 bits per heavy atom. The zero-order valence-corrected chi connectivity index (χ0v) is 18.7. The van der Waals surface area contributed by atoms with E-state index < -0.39 is 17.5 Å². The molecule has 8 nitrogen and oxygen atoms in total. The van der Waals surface area contributed by atoms with Gasteiger partial charge in [0.05, 0.1) is 0 Å². The van der Waals surface area contributed by atoms with Crippen LogP contribution in [0.2, 0.25) is 0 Å². The van der Waals surface area contributed by atoms with Gasteiger partial charge in [0.1, 0.15) is 28.6 Å². The average molecular weight is 450 g/mol. The standard InChI is InChI=1S/C25H22O8/c1-9-6-17(27)15(8-14-11(3)20(29)21(30)13(5)19(14)28)24-18(9)25(31)33-23-12(4)16(26)7-10(2)22(23)32-24/h6-7,26-28H,8H2,1-5H3. The Labute approximate surface area is 189 Å². The number of esters is 1. The second kappa shape index (κ2) is 7.51. The molecular weight excluding hydrogens is 428 g/mol. The largest absolute Gasteiger partial charge is 0.508 e. The van der Waals surface area contributed by atoms with E-state index in [0.717, 1.165) is 0 Å². The first-order chi connectivity index (χ1) is 15.4. The van der Waals surface area contributed by atoms with E-state index in [-0.39, 0.29) is 68.8 Å².